The lowest BCUT2D eigenvalue weighted by Gasteiger charge is -2.25. The van der Waals surface area contributed by atoms with E-state index in [1.165, 1.54) is 0 Å². The van der Waals surface area contributed by atoms with Crippen LogP contribution in [0.15, 0.2) is 12.1 Å². The predicted molar refractivity (Wildman–Crippen MR) is 59.1 cm³/mol. The average Bonchev–Trinajstić information content (AvgIpc) is 2.24. The molecule has 1 aromatic rings. The Labute approximate surface area is 111 Å². The van der Waals surface area contributed by atoms with Gasteiger partial charge in [-0.05, 0) is 30.2 Å². The summed E-state index contributed by atoms with van der Waals surface area (Å²) in [5, 5.41) is 2.66. The van der Waals surface area contributed by atoms with Crippen molar-refractivity contribution in [3.05, 3.63) is 34.4 Å². The van der Waals surface area contributed by atoms with Gasteiger partial charge in [0.15, 0.2) is 0 Å². The molecule has 0 spiro atoms. The summed E-state index contributed by atoms with van der Waals surface area (Å²) in [4.78, 5) is 0. The lowest BCUT2D eigenvalue weighted by molar-refractivity contribution is -0.162. The summed E-state index contributed by atoms with van der Waals surface area (Å²) in [6, 6.07) is 1.65. The first-order chi connectivity index (χ1) is 8.21. The number of alkyl halides is 6. The minimum atomic E-state index is -5.00. The van der Waals surface area contributed by atoms with Crippen LogP contribution in [-0.4, -0.2) is 6.54 Å². The Morgan fingerprint density at radius 1 is 0.947 bits per heavy atom. The topological polar surface area (TPSA) is 12.0 Å². The molecular weight excluding hydrogens is 296 g/mol. The highest BCUT2D eigenvalue weighted by molar-refractivity contribution is 5.85. The lowest BCUT2D eigenvalue weighted by Crippen LogP contribution is -2.29. The van der Waals surface area contributed by atoms with Gasteiger partial charge in [-0.1, -0.05) is 6.07 Å². The molecule has 0 fully saturated rings. The number of benzene rings is 1. The van der Waals surface area contributed by atoms with Crippen molar-refractivity contribution in [2.75, 3.05) is 6.54 Å². The third kappa shape index (κ3) is 3.14. The van der Waals surface area contributed by atoms with Gasteiger partial charge in [-0.3, -0.25) is 0 Å². The Bertz CT molecular complexity index is 465. The summed E-state index contributed by atoms with van der Waals surface area (Å²) in [5.41, 5.74) is -3.13. The van der Waals surface area contributed by atoms with Gasteiger partial charge in [0.25, 0.3) is 0 Å². The van der Waals surface area contributed by atoms with Crippen LogP contribution < -0.4 is 5.32 Å². The predicted octanol–water partition coefficient (Wildman–Crippen LogP) is 3.79. The number of halogens is 7. The first-order valence-corrected chi connectivity index (χ1v) is 5.21. The van der Waals surface area contributed by atoms with Gasteiger partial charge in [-0.25, -0.2) is 0 Å². The maximum atomic E-state index is 12.8. The third-order valence-corrected chi connectivity index (χ3v) is 2.87. The van der Waals surface area contributed by atoms with Gasteiger partial charge in [0.2, 0.25) is 0 Å². The third-order valence-electron chi connectivity index (χ3n) is 2.87. The van der Waals surface area contributed by atoms with Crippen LogP contribution in [0, 0.1) is 0 Å². The fourth-order valence-corrected chi connectivity index (χ4v) is 2.12. The standard InChI is InChI=1S/C11H9F6N.ClH/c12-10(13,14)8-2-1-6-3-4-18-5-7(6)9(8)11(15,16)17;/h1-2,18H,3-5H2;1H. The van der Waals surface area contributed by atoms with Gasteiger partial charge in [-0.2, -0.15) is 26.3 Å². The van der Waals surface area contributed by atoms with Crippen molar-refractivity contribution in [1.82, 2.24) is 5.32 Å². The fraction of sp³-hybridized carbons (Fsp3) is 0.455. The first kappa shape index (κ1) is 16.1. The van der Waals surface area contributed by atoms with Crippen molar-refractivity contribution in [3.8, 4) is 0 Å². The second-order valence-electron chi connectivity index (χ2n) is 4.05. The Kier molecular flexibility index (Phi) is 4.41. The number of nitrogens with one attached hydrogen (secondary N) is 1. The first-order valence-electron chi connectivity index (χ1n) is 5.21. The summed E-state index contributed by atoms with van der Waals surface area (Å²) < 4.78 is 76.4. The van der Waals surface area contributed by atoms with E-state index in [1.54, 1.807) is 0 Å². The molecule has 0 saturated heterocycles. The van der Waals surface area contributed by atoms with Crippen LogP contribution in [0.3, 0.4) is 0 Å². The van der Waals surface area contributed by atoms with Crippen molar-refractivity contribution in [3.63, 3.8) is 0 Å². The monoisotopic (exact) mass is 305 g/mol. The van der Waals surface area contributed by atoms with Crippen LogP contribution in [-0.2, 0) is 25.3 Å². The highest BCUT2D eigenvalue weighted by Crippen LogP contribution is 2.43. The molecule has 1 aromatic carbocycles. The number of hydrogen-bond donors (Lipinski definition) is 1. The molecule has 8 heteroatoms. The van der Waals surface area contributed by atoms with Crippen LogP contribution in [0.1, 0.15) is 22.3 Å². The normalized spacial score (nSPS) is 15.7. The zero-order valence-electron chi connectivity index (χ0n) is 9.45. The van der Waals surface area contributed by atoms with Crippen molar-refractivity contribution < 1.29 is 26.3 Å². The van der Waals surface area contributed by atoms with E-state index in [4.69, 9.17) is 0 Å². The average molecular weight is 306 g/mol. The molecule has 1 nitrogen and oxygen atoms in total. The molecule has 0 atom stereocenters. The molecule has 0 radical (unpaired) electrons. The van der Waals surface area contributed by atoms with Gasteiger partial charge in [0.1, 0.15) is 0 Å². The molecule has 1 aliphatic rings. The SMILES string of the molecule is Cl.FC(F)(F)c1ccc2c(c1C(F)(F)F)CNCC2. The van der Waals surface area contributed by atoms with Gasteiger partial charge in [0, 0.05) is 6.54 Å². The molecule has 0 aliphatic carbocycles. The number of fused-ring (bicyclic) bond motifs is 1. The van der Waals surface area contributed by atoms with Crippen LogP contribution in [0.25, 0.3) is 0 Å². The van der Waals surface area contributed by atoms with Crippen LogP contribution in [0.2, 0.25) is 0 Å². The molecule has 2 rings (SSSR count). The Hall–Kier alpha value is -0.950. The molecule has 1 aliphatic heterocycles. The maximum absolute atomic E-state index is 12.8. The minimum Gasteiger partial charge on any atom is -0.312 e. The second-order valence-corrected chi connectivity index (χ2v) is 4.05. The Morgan fingerprint density at radius 3 is 2.11 bits per heavy atom. The second kappa shape index (κ2) is 5.20. The minimum absolute atomic E-state index is 0. The van der Waals surface area contributed by atoms with Crippen molar-refractivity contribution in [1.29, 1.82) is 0 Å². The zero-order chi connectivity index (χ0) is 13.6. The molecule has 108 valence electrons. The van der Waals surface area contributed by atoms with E-state index < -0.39 is 23.5 Å². The van der Waals surface area contributed by atoms with Crippen LogP contribution in [0.4, 0.5) is 26.3 Å². The highest BCUT2D eigenvalue weighted by atomic mass is 35.5. The smallest absolute Gasteiger partial charge is 0.312 e. The number of hydrogen-bond acceptors (Lipinski definition) is 1. The fourth-order valence-electron chi connectivity index (χ4n) is 2.12. The molecule has 0 unspecified atom stereocenters. The van der Waals surface area contributed by atoms with E-state index in [0.29, 0.717) is 24.6 Å². The van der Waals surface area contributed by atoms with E-state index in [1.807, 2.05) is 0 Å². The van der Waals surface area contributed by atoms with E-state index in [0.717, 1.165) is 6.07 Å². The molecular formula is C11H10ClF6N. The molecule has 19 heavy (non-hydrogen) atoms. The van der Waals surface area contributed by atoms with E-state index in [2.05, 4.69) is 5.32 Å². The van der Waals surface area contributed by atoms with Crippen molar-refractivity contribution >= 4 is 12.4 Å². The lowest BCUT2D eigenvalue weighted by atomic mass is 9.91. The summed E-state index contributed by atoms with van der Waals surface area (Å²) in [6.07, 6.45) is -9.71. The van der Waals surface area contributed by atoms with E-state index in [-0.39, 0.29) is 24.5 Å². The summed E-state index contributed by atoms with van der Waals surface area (Å²) in [6.45, 7) is 0.282. The maximum Gasteiger partial charge on any atom is 0.417 e. The largest absolute Gasteiger partial charge is 0.417 e. The molecule has 0 amide bonds. The Balaban J connectivity index is 0.00000180. The Morgan fingerprint density at radius 2 is 1.58 bits per heavy atom. The summed E-state index contributed by atoms with van der Waals surface area (Å²) >= 11 is 0. The van der Waals surface area contributed by atoms with Gasteiger partial charge >= 0.3 is 12.4 Å². The van der Waals surface area contributed by atoms with Gasteiger partial charge in [0.05, 0.1) is 11.1 Å². The van der Waals surface area contributed by atoms with Gasteiger partial charge in [-0.15, -0.1) is 12.4 Å². The highest BCUT2D eigenvalue weighted by Gasteiger charge is 2.45. The number of rotatable bonds is 0. The van der Waals surface area contributed by atoms with E-state index in [9.17, 15) is 26.3 Å². The van der Waals surface area contributed by atoms with Gasteiger partial charge < -0.3 is 5.32 Å². The van der Waals surface area contributed by atoms with Crippen molar-refractivity contribution in [2.45, 2.75) is 25.3 Å². The van der Waals surface area contributed by atoms with Crippen LogP contribution in [0.5, 0.6) is 0 Å². The summed E-state index contributed by atoms with van der Waals surface area (Å²) in [5.74, 6) is 0. The molecule has 1 heterocycles. The molecule has 0 saturated carbocycles. The van der Waals surface area contributed by atoms with Crippen molar-refractivity contribution in [2.24, 2.45) is 0 Å². The molecule has 0 bridgehead atoms. The molecule has 1 N–H and O–H groups in total. The summed E-state index contributed by atoms with van der Waals surface area (Å²) in [7, 11) is 0. The van der Waals surface area contributed by atoms with E-state index >= 15 is 0 Å². The molecule has 0 aromatic heterocycles. The quantitative estimate of drug-likeness (QED) is 0.719. The van der Waals surface area contributed by atoms with Crippen LogP contribution >= 0.6 is 12.4 Å². The zero-order valence-corrected chi connectivity index (χ0v) is 10.3.